The number of phenols is 6. The van der Waals surface area contributed by atoms with Crippen molar-refractivity contribution in [1.82, 2.24) is 0 Å². The summed E-state index contributed by atoms with van der Waals surface area (Å²) in [4.78, 5) is 12.2. The van der Waals surface area contributed by atoms with Crippen molar-refractivity contribution in [3.05, 3.63) is 35.4 Å². The van der Waals surface area contributed by atoms with Gasteiger partial charge in [0.2, 0.25) is 5.78 Å². The molecule has 2 aromatic carbocycles. The average molecular weight is 278 g/mol. The number of hydrogen-bond donors (Lipinski definition) is 6. The summed E-state index contributed by atoms with van der Waals surface area (Å²) < 4.78 is 0. The van der Waals surface area contributed by atoms with Crippen LogP contribution in [0.25, 0.3) is 0 Å². The number of rotatable bonds is 2. The number of ketones is 1. The highest BCUT2D eigenvalue weighted by molar-refractivity contribution is 6.14. The molecule has 6 N–H and O–H groups in total. The normalized spacial score (nSPS) is 10.4. The van der Waals surface area contributed by atoms with Gasteiger partial charge < -0.3 is 30.6 Å². The summed E-state index contributed by atoms with van der Waals surface area (Å²) in [7, 11) is 0. The van der Waals surface area contributed by atoms with Crippen molar-refractivity contribution >= 4 is 5.78 Å². The Bertz CT molecular complexity index is 680. The van der Waals surface area contributed by atoms with Crippen molar-refractivity contribution in [2.75, 3.05) is 0 Å². The van der Waals surface area contributed by atoms with Crippen molar-refractivity contribution in [3.63, 3.8) is 0 Å². The second-order valence-corrected chi connectivity index (χ2v) is 4.02. The summed E-state index contributed by atoms with van der Waals surface area (Å²) >= 11 is 0. The lowest BCUT2D eigenvalue weighted by Crippen LogP contribution is -2.03. The molecule has 0 fully saturated rings. The van der Waals surface area contributed by atoms with Crippen LogP contribution in [0.1, 0.15) is 15.9 Å². The molecule has 7 heteroatoms. The molecule has 0 saturated carbocycles. The molecule has 0 amide bonds. The van der Waals surface area contributed by atoms with Crippen LogP contribution in [0.2, 0.25) is 0 Å². The van der Waals surface area contributed by atoms with Crippen LogP contribution in [-0.2, 0) is 0 Å². The standard InChI is InChI=1S/C13H10O7/c14-5-1-2-7(15)6(3-5)11(18)10-12(19)8(16)4-9(17)13(10)20/h1-4,14-17,19-20H. The number of carbonyl (C=O) groups excluding carboxylic acids is 1. The molecule has 0 heterocycles. The van der Waals surface area contributed by atoms with Gasteiger partial charge in [0, 0.05) is 6.07 Å². The summed E-state index contributed by atoms with van der Waals surface area (Å²) in [6, 6.07) is 3.74. The number of aromatic hydroxyl groups is 6. The van der Waals surface area contributed by atoms with E-state index in [-0.39, 0.29) is 5.75 Å². The van der Waals surface area contributed by atoms with E-state index in [9.17, 15) is 35.4 Å². The predicted molar refractivity (Wildman–Crippen MR) is 66.3 cm³/mol. The maximum Gasteiger partial charge on any atom is 0.204 e. The molecule has 0 aliphatic carbocycles. The topological polar surface area (TPSA) is 138 Å². The molecule has 104 valence electrons. The van der Waals surface area contributed by atoms with Crippen LogP contribution in [0.4, 0.5) is 0 Å². The lowest BCUT2D eigenvalue weighted by Gasteiger charge is -2.10. The van der Waals surface area contributed by atoms with Gasteiger partial charge in [0.25, 0.3) is 0 Å². The highest BCUT2D eigenvalue weighted by atomic mass is 16.3. The minimum atomic E-state index is -1.08. The summed E-state index contributed by atoms with van der Waals surface area (Å²) in [6.07, 6.45) is 0. The molecule has 0 bridgehead atoms. The number of phenolic OH excluding ortho intramolecular Hbond substituents is 6. The Morgan fingerprint density at radius 3 is 1.85 bits per heavy atom. The van der Waals surface area contributed by atoms with E-state index in [1.54, 1.807) is 0 Å². The van der Waals surface area contributed by atoms with Gasteiger partial charge in [-0.15, -0.1) is 0 Å². The fourth-order valence-corrected chi connectivity index (χ4v) is 1.69. The zero-order valence-electron chi connectivity index (χ0n) is 9.90. The van der Waals surface area contributed by atoms with Crippen LogP contribution >= 0.6 is 0 Å². The van der Waals surface area contributed by atoms with E-state index in [1.165, 1.54) is 0 Å². The number of benzene rings is 2. The Morgan fingerprint density at radius 2 is 1.30 bits per heavy atom. The zero-order valence-corrected chi connectivity index (χ0v) is 9.90. The summed E-state index contributed by atoms with van der Waals surface area (Å²) in [6.45, 7) is 0. The first-order valence-corrected chi connectivity index (χ1v) is 5.36. The molecule has 0 atom stereocenters. The Hall–Kier alpha value is -3.09. The highest BCUT2D eigenvalue weighted by Gasteiger charge is 2.26. The minimum absolute atomic E-state index is 0.325. The first-order valence-electron chi connectivity index (χ1n) is 5.36. The number of hydrogen-bond acceptors (Lipinski definition) is 7. The summed E-state index contributed by atoms with van der Waals surface area (Å²) in [5, 5.41) is 56.8. The van der Waals surface area contributed by atoms with Crippen molar-refractivity contribution in [3.8, 4) is 34.5 Å². The highest BCUT2D eigenvalue weighted by Crippen LogP contribution is 2.43. The maximum atomic E-state index is 12.2. The minimum Gasteiger partial charge on any atom is -0.508 e. The molecule has 2 aromatic rings. The molecular weight excluding hydrogens is 268 g/mol. The largest absolute Gasteiger partial charge is 0.508 e. The van der Waals surface area contributed by atoms with Crippen LogP contribution in [0.5, 0.6) is 34.5 Å². The Morgan fingerprint density at radius 1 is 0.750 bits per heavy atom. The van der Waals surface area contributed by atoms with Gasteiger partial charge in [-0.3, -0.25) is 4.79 Å². The number of carbonyl (C=O) groups is 1. The van der Waals surface area contributed by atoms with Crippen molar-refractivity contribution in [1.29, 1.82) is 0 Å². The molecule has 0 radical (unpaired) electrons. The summed E-state index contributed by atoms with van der Waals surface area (Å²) in [5.74, 6) is -5.45. The first-order chi connectivity index (χ1) is 9.32. The Labute approximate surface area is 112 Å². The van der Waals surface area contributed by atoms with E-state index in [0.717, 1.165) is 18.2 Å². The van der Waals surface area contributed by atoms with Gasteiger partial charge in [-0.1, -0.05) is 0 Å². The first kappa shape index (κ1) is 13.3. The predicted octanol–water partition coefficient (Wildman–Crippen LogP) is 1.15. The molecule has 0 aliphatic heterocycles. The molecule has 20 heavy (non-hydrogen) atoms. The van der Waals surface area contributed by atoms with Crippen LogP contribution in [0, 0.1) is 0 Å². The average Bonchev–Trinajstić information content (AvgIpc) is 2.39. The van der Waals surface area contributed by atoms with Gasteiger partial charge in [-0.2, -0.15) is 0 Å². The molecule has 0 spiro atoms. The lowest BCUT2D eigenvalue weighted by molar-refractivity contribution is 0.102. The second kappa shape index (κ2) is 4.54. The van der Waals surface area contributed by atoms with Crippen LogP contribution in [-0.4, -0.2) is 36.4 Å². The molecular formula is C13H10O7. The maximum absolute atomic E-state index is 12.2. The Kier molecular flexibility index (Phi) is 3.03. The molecule has 0 aromatic heterocycles. The van der Waals surface area contributed by atoms with Crippen molar-refractivity contribution in [2.45, 2.75) is 0 Å². The van der Waals surface area contributed by atoms with Gasteiger partial charge in [0.15, 0.2) is 23.0 Å². The molecule has 0 unspecified atom stereocenters. The molecule has 0 saturated heterocycles. The second-order valence-electron chi connectivity index (χ2n) is 4.02. The third-order valence-electron chi connectivity index (χ3n) is 2.68. The monoisotopic (exact) mass is 278 g/mol. The van der Waals surface area contributed by atoms with E-state index < -0.39 is 45.7 Å². The van der Waals surface area contributed by atoms with E-state index >= 15 is 0 Å². The van der Waals surface area contributed by atoms with Gasteiger partial charge in [-0.25, -0.2) is 0 Å². The van der Waals surface area contributed by atoms with E-state index in [2.05, 4.69) is 0 Å². The van der Waals surface area contributed by atoms with Gasteiger partial charge in [-0.05, 0) is 18.2 Å². The SMILES string of the molecule is O=C(c1cc(O)ccc1O)c1c(O)c(O)cc(O)c1O. The lowest BCUT2D eigenvalue weighted by atomic mass is 9.99. The van der Waals surface area contributed by atoms with Gasteiger partial charge in [0.05, 0.1) is 5.56 Å². The zero-order chi connectivity index (χ0) is 15.0. The van der Waals surface area contributed by atoms with Gasteiger partial charge >= 0.3 is 0 Å². The Balaban J connectivity index is 2.68. The van der Waals surface area contributed by atoms with Gasteiger partial charge in [0.1, 0.15) is 17.1 Å². The molecule has 2 rings (SSSR count). The molecule has 0 aliphatic rings. The fourth-order valence-electron chi connectivity index (χ4n) is 1.69. The quantitative estimate of drug-likeness (QED) is 0.275. The third-order valence-corrected chi connectivity index (χ3v) is 2.68. The van der Waals surface area contributed by atoms with Crippen molar-refractivity contribution < 1.29 is 35.4 Å². The van der Waals surface area contributed by atoms with Crippen LogP contribution in [0.15, 0.2) is 24.3 Å². The molecule has 7 nitrogen and oxygen atoms in total. The smallest absolute Gasteiger partial charge is 0.204 e. The third kappa shape index (κ3) is 2.01. The summed E-state index contributed by atoms with van der Waals surface area (Å²) in [5.41, 5.74) is -1.20. The fraction of sp³-hybridized carbons (Fsp3) is 0. The van der Waals surface area contributed by atoms with Crippen molar-refractivity contribution in [2.24, 2.45) is 0 Å². The van der Waals surface area contributed by atoms with E-state index in [0.29, 0.717) is 6.07 Å². The van der Waals surface area contributed by atoms with E-state index in [4.69, 9.17) is 0 Å². The van der Waals surface area contributed by atoms with Crippen LogP contribution in [0.3, 0.4) is 0 Å². The van der Waals surface area contributed by atoms with E-state index in [1.807, 2.05) is 0 Å². The van der Waals surface area contributed by atoms with Crippen LogP contribution < -0.4 is 0 Å².